The van der Waals surface area contributed by atoms with E-state index in [1.165, 1.54) is 0 Å². The molecule has 6 heteroatoms. The fourth-order valence-electron chi connectivity index (χ4n) is 2.68. The summed E-state index contributed by atoms with van der Waals surface area (Å²) in [5.74, 6) is 0.435. The van der Waals surface area contributed by atoms with E-state index in [-0.39, 0.29) is 5.91 Å². The number of para-hydroxylation sites is 1. The molecule has 1 fully saturated rings. The molecule has 2 aromatic carbocycles. The Bertz CT molecular complexity index is 718. The average Bonchev–Trinajstić information content (AvgIpc) is 2.63. The molecule has 0 aliphatic carbocycles. The Kier molecular flexibility index (Phi) is 5.79. The van der Waals surface area contributed by atoms with Gasteiger partial charge in [0.25, 0.3) is 5.91 Å². The number of nitrogens with zero attached hydrogens (tertiary/aromatic N) is 1. The number of amides is 1. The lowest BCUT2D eigenvalue weighted by Gasteiger charge is -2.30. The molecule has 0 radical (unpaired) electrons. The van der Waals surface area contributed by atoms with Gasteiger partial charge < -0.3 is 19.7 Å². The zero-order valence-corrected chi connectivity index (χ0v) is 14.8. The highest BCUT2D eigenvalue weighted by Gasteiger charge is 2.20. The van der Waals surface area contributed by atoms with Crippen LogP contribution in [-0.2, 0) is 9.53 Å². The highest BCUT2D eigenvalue weighted by atomic mass is 35.5. The van der Waals surface area contributed by atoms with Crippen molar-refractivity contribution in [1.82, 2.24) is 0 Å². The second-order valence-corrected chi connectivity index (χ2v) is 6.26. The predicted octanol–water partition coefficient (Wildman–Crippen LogP) is 3.58. The van der Waals surface area contributed by atoms with Gasteiger partial charge >= 0.3 is 0 Å². The summed E-state index contributed by atoms with van der Waals surface area (Å²) >= 11 is 6.12. The molecule has 2 aromatic rings. The van der Waals surface area contributed by atoms with Gasteiger partial charge in [-0.3, -0.25) is 4.79 Å². The van der Waals surface area contributed by atoms with Crippen molar-refractivity contribution in [2.24, 2.45) is 0 Å². The van der Waals surface area contributed by atoms with Gasteiger partial charge in [-0.1, -0.05) is 29.8 Å². The third kappa shape index (κ3) is 4.65. The van der Waals surface area contributed by atoms with Crippen LogP contribution in [0.5, 0.6) is 5.75 Å². The second-order valence-electron chi connectivity index (χ2n) is 5.82. The summed E-state index contributed by atoms with van der Waals surface area (Å²) in [6.07, 6.45) is -0.626. The van der Waals surface area contributed by atoms with E-state index < -0.39 is 6.10 Å². The van der Waals surface area contributed by atoms with Gasteiger partial charge in [0, 0.05) is 18.1 Å². The zero-order chi connectivity index (χ0) is 17.6. The van der Waals surface area contributed by atoms with E-state index in [4.69, 9.17) is 21.1 Å². The number of ether oxygens (including phenoxy) is 2. The first-order valence-electron chi connectivity index (χ1n) is 8.28. The van der Waals surface area contributed by atoms with Crippen LogP contribution in [0.3, 0.4) is 0 Å². The fraction of sp³-hybridized carbons (Fsp3) is 0.316. The largest absolute Gasteiger partial charge is 0.481 e. The molecule has 1 saturated heterocycles. The molecule has 5 nitrogen and oxygen atoms in total. The van der Waals surface area contributed by atoms with Crippen molar-refractivity contribution in [2.45, 2.75) is 13.0 Å². The molecule has 0 saturated carbocycles. The number of anilines is 2. The Balaban J connectivity index is 1.72. The number of halogens is 1. The summed E-state index contributed by atoms with van der Waals surface area (Å²) in [5.41, 5.74) is 1.62. The molecule has 1 N–H and O–H groups in total. The Morgan fingerprint density at radius 1 is 1.20 bits per heavy atom. The third-order valence-corrected chi connectivity index (χ3v) is 4.23. The van der Waals surface area contributed by atoms with Crippen molar-refractivity contribution in [3.05, 3.63) is 53.6 Å². The maximum Gasteiger partial charge on any atom is 0.265 e. The number of nitrogens with one attached hydrogen (secondary N) is 1. The van der Waals surface area contributed by atoms with E-state index in [0.29, 0.717) is 29.7 Å². The minimum Gasteiger partial charge on any atom is -0.481 e. The number of hydrogen-bond donors (Lipinski definition) is 1. The SMILES string of the molecule is C[C@@H](Oc1ccccc1)C(=O)Nc1cc(Cl)ccc1N1CCOCC1. The maximum absolute atomic E-state index is 12.5. The van der Waals surface area contributed by atoms with Crippen molar-refractivity contribution in [3.8, 4) is 5.75 Å². The van der Waals surface area contributed by atoms with E-state index in [1.807, 2.05) is 42.5 Å². The molecule has 1 atom stereocenters. The molecule has 3 rings (SSSR count). The van der Waals surface area contributed by atoms with Gasteiger partial charge in [0.2, 0.25) is 0 Å². The van der Waals surface area contributed by atoms with Gasteiger partial charge in [0.1, 0.15) is 5.75 Å². The molecule has 0 aromatic heterocycles. The van der Waals surface area contributed by atoms with Crippen LogP contribution in [-0.4, -0.2) is 38.3 Å². The van der Waals surface area contributed by atoms with Gasteiger partial charge in [-0.25, -0.2) is 0 Å². The van der Waals surface area contributed by atoms with Crippen LogP contribution in [0.4, 0.5) is 11.4 Å². The van der Waals surface area contributed by atoms with Gasteiger partial charge in [0.05, 0.1) is 24.6 Å². The monoisotopic (exact) mass is 360 g/mol. The normalized spacial score (nSPS) is 15.5. The first-order chi connectivity index (χ1) is 12.1. The molecule has 0 unspecified atom stereocenters. The lowest BCUT2D eigenvalue weighted by molar-refractivity contribution is -0.122. The summed E-state index contributed by atoms with van der Waals surface area (Å²) in [7, 11) is 0. The summed E-state index contributed by atoms with van der Waals surface area (Å²) in [5, 5.41) is 3.51. The number of hydrogen-bond acceptors (Lipinski definition) is 4. The van der Waals surface area contributed by atoms with Gasteiger partial charge in [-0.2, -0.15) is 0 Å². The molecule has 1 amide bonds. The minimum atomic E-state index is -0.626. The standard InChI is InChI=1S/C19H21ClN2O3/c1-14(25-16-5-3-2-4-6-16)19(23)21-17-13-15(20)7-8-18(17)22-9-11-24-12-10-22/h2-8,13-14H,9-12H2,1H3,(H,21,23)/t14-/m1/s1. The second kappa shape index (κ2) is 8.23. The molecular formula is C19H21ClN2O3. The summed E-state index contributed by atoms with van der Waals surface area (Å²) in [6, 6.07) is 14.8. The Morgan fingerprint density at radius 2 is 1.92 bits per heavy atom. The molecule has 1 heterocycles. The number of carbonyl (C=O) groups excluding carboxylic acids is 1. The Morgan fingerprint density at radius 3 is 2.64 bits per heavy atom. The minimum absolute atomic E-state index is 0.222. The summed E-state index contributed by atoms with van der Waals surface area (Å²) < 4.78 is 11.1. The van der Waals surface area contributed by atoms with Crippen molar-refractivity contribution >= 4 is 28.9 Å². The number of morpholine rings is 1. The van der Waals surface area contributed by atoms with Gasteiger partial charge in [-0.15, -0.1) is 0 Å². The van der Waals surface area contributed by atoms with Crippen molar-refractivity contribution in [3.63, 3.8) is 0 Å². The number of benzene rings is 2. The van der Waals surface area contributed by atoms with Crippen LogP contribution in [0, 0.1) is 0 Å². The van der Waals surface area contributed by atoms with E-state index in [0.717, 1.165) is 18.8 Å². The van der Waals surface area contributed by atoms with Crippen LogP contribution in [0.2, 0.25) is 5.02 Å². The highest BCUT2D eigenvalue weighted by molar-refractivity contribution is 6.31. The number of carbonyl (C=O) groups is 1. The first kappa shape index (κ1) is 17.6. The van der Waals surface area contributed by atoms with Crippen LogP contribution in [0.25, 0.3) is 0 Å². The van der Waals surface area contributed by atoms with Crippen LogP contribution in [0.1, 0.15) is 6.92 Å². The Hall–Kier alpha value is -2.24. The topological polar surface area (TPSA) is 50.8 Å². The predicted molar refractivity (Wildman–Crippen MR) is 99.6 cm³/mol. The van der Waals surface area contributed by atoms with E-state index in [2.05, 4.69) is 10.2 Å². The van der Waals surface area contributed by atoms with Crippen LogP contribution in [0.15, 0.2) is 48.5 Å². The molecular weight excluding hydrogens is 340 g/mol. The van der Waals surface area contributed by atoms with E-state index in [9.17, 15) is 4.79 Å². The molecule has 1 aliphatic heterocycles. The van der Waals surface area contributed by atoms with Gasteiger partial charge in [0.15, 0.2) is 6.10 Å². The van der Waals surface area contributed by atoms with Crippen molar-refractivity contribution in [1.29, 1.82) is 0 Å². The smallest absolute Gasteiger partial charge is 0.265 e. The summed E-state index contributed by atoms with van der Waals surface area (Å²) in [6.45, 7) is 4.62. The lowest BCUT2D eigenvalue weighted by Crippen LogP contribution is -2.37. The zero-order valence-electron chi connectivity index (χ0n) is 14.1. The Labute approximate surface area is 152 Å². The lowest BCUT2D eigenvalue weighted by atomic mass is 10.2. The maximum atomic E-state index is 12.5. The highest BCUT2D eigenvalue weighted by Crippen LogP contribution is 2.30. The van der Waals surface area contributed by atoms with Crippen LogP contribution >= 0.6 is 11.6 Å². The van der Waals surface area contributed by atoms with E-state index >= 15 is 0 Å². The molecule has 25 heavy (non-hydrogen) atoms. The molecule has 1 aliphatic rings. The van der Waals surface area contributed by atoms with E-state index in [1.54, 1.807) is 13.0 Å². The van der Waals surface area contributed by atoms with Crippen molar-refractivity contribution < 1.29 is 14.3 Å². The molecule has 0 spiro atoms. The average molecular weight is 361 g/mol. The molecule has 0 bridgehead atoms. The van der Waals surface area contributed by atoms with Crippen molar-refractivity contribution in [2.75, 3.05) is 36.5 Å². The number of rotatable bonds is 5. The third-order valence-electron chi connectivity index (χ3n) is 3.99. The quantitative estimate of drug-likeness (QED) is 0.885. The van der Waals surface area contributed by atoms with Gasteiger partial charge in [-0.05, 0) is 37.3 Å². The first-order valence-corrected chi connectivity index (χ1v) is 8.66. The van der Waals surface area contributed by atoms with Crippen LogP contribution < -0.4 is 15.0 Å². The summed E-state index contributed by atoms with van der Waals surface area (Å²) in [4.78, 5) is 14.7. The molecule has 132 valence electrons. The fourth-order valence-corrected chi connectivity index (χ4v) is 2.85.